The molecule has 2 aromatic carbocycles. The van der Waals surface area contributed by atoms with Gasteiger partial charge in [0.25, 0.3) is 0 Å². The van der Waals surface area contributed by atoms with Crippen molar-refractivity contribution >= 4 is 5.69 Å². The van der Waals surface area contributed by atoms with Crippen LogP contribution in [0.25, 0.3) is 16.9 Å². The van der Waals surface area contributed by atoms with Crippen molar-refractivity contribution in [1.82, 2.24) is 15.0 Å². The lowest BCUT2D eigenvalue weighted by Gasteiger charge is -2.14. The number of aryl methyl sites for hydroxylation is 1. The number of aliphatic hydroxyl groups is 1. The molecule has 0 fully saturated rings. The van der Waals surface area contributed by atoms with Gasteiger partial charge in [-0.15, -0.1) is 5.10 Å². The Balaban J connectivity index is 2.14. The number of benzene rings is 2. The second-order valence-electron chi connectivity index (χ2n) is 5.68. The molecule has 1 N–H and O–H groups in total. The van der Waals surface area contributed by atoms with Crippen molar-refractivity contribution < 1.29 is 5.11 Å². The Morgan fingerprint density at radius 1 is 1.04 bits per heavy atom. The van der Waals surface area contributed by atoms with Crippen LogP contribution < -0.4 is 4.90 Å². The number of anilines is 1. The molecule has 0 atom stereocenters. The molecule has 0 amide bonds. The summed E-state index contributed by atoms with van der Waals surface area (Å²) in [5.74, 6) is 0. The Hall–Kier alpha value is -2.66. The van der Waals surface area contributed by atoms with E-state index in [0.29, 0.717) is 5.69 Å². The summed E-state index contributed by atoms with van der Waals surface area (Å²) >= 11 is 0. The van der Waals surface area contributed by atoms with Crippen LogP contribution in [0.3, 0.4) is 0 Å². The first-order valence-electron chi connectivity index (χ1n) is 7.51. The van der Waals surface area contributed by atoms with Crippen LogP contribution in [0, 0.1) is 6.92 Å². The van der Waals surface area contributed by atoms with Gasteiger partial charge in [-0.2, -0.15) is 0 Å². The molecule has 5 nitrogen and oxygen atoms in total. The standard InChI is InChI=1S/C18H20N4O/c1-13-6-4-5-7-16(13)18-17(12-23)19-20-22(18)15-10-8-14(9-11-15)21(2)3/h4-11,23H,12H2,1-3H3. The molecular weight excluding hydrogens is 288 g/mol. The zero-order valence-electron chi connectivity index (χ0n) is 13.6. The molecule has 0 spiro atoms. The Morgan fingerprint density at radius 2 is 1.74 bits per heavy atom. The zero-order chi connectivity index (χ0) is 16.4. The number of rotatable bonds is 4. The highest BCUT2D eigenvalue weighted by Crippen LogP contribution is 2.28. The molecule has 0 unspecified atom stereocenters. The Morgan fingerprint density at radius 3 is 2.35 bits per heavy atom. The molecule has 0 radical (unpaired) electrons. The van der Waals surface area contributed by atoms with Gasteiger partial charge in [0.2, 0.25) is 0 Å². The molecule has 3 aromatic rings. The molecule has 0 aliphatic carbocycles. The number of hydrogen-bond donors (Lipinski definition) is 1. The average Bonchev–Trinajstić information content (AvgIpc) is 2.99. The summed E-state index contributed by atoms with van der Waals surface area (Å²) < 4.78 is 1.79. The van der Waals surface area contributed by atoms with Crippen LogP contribution in [-0.2, 0) is 6.61 Å². The van der Waals surface area contributed by atoms with Gasteiger partial charge in [-0.1, -0.05) is 29.5 Å². The van der Waals surface area contributed by atoms with Gasteiger partial charge >= 0.3 is 0 Å². The summed E-state index contributed by atoms with van der Waals surface area (Å²) in [5.41, 5.74) is 5.60. The molecular formula is C18H20N4O. The van der Waals surface area contributed by atoms with Crippen molar-refractivity contribution in [3.05, 3.63) is 59.8 Å². The van der Waals surface area contributed by atoms with Gasteiger partial charge in [0.1, 0.15) is 11.4 Å². The highest BCUT2D eigenvalue weighted by atomic mass is 16.3. The fourth-order valence-electron chi connectivity index (χ4n) is 2.60. The molecule has 1 aromatic heterocycles. The van der Waals surface area contributed by atoms with E-state index >= 15 is 0 Å². The summed E-state index contributed by atoms with van der Waals surface area (Å²) in [6.45, 7) is 1.91. The van der Waals surface area contributed by atoms with Gasteiger partial charge in [0.15, 0.2) is 0 Å². The topological polar surface area (TPSA) is 54.2 Å². The van der Waals surface area contributed by atoms with Gasteiger partial charge in [-0.05, 0) is 36.8 Å². The van der Waals surface area contributed by atoms with Crippen molar-refractivity contribution in [3.8, 4) is 16.9 Å². The van der Waals surface area contributed by atoms with E-state index in [9.17, 15) is 5.11 Å². The summed E-state index contributed by atoms with van der Waals surface area (Å²) in [5, 5.41) is 18.0. The minimum absolute atomic E-state index is 0.139. The Labute approximate surface area is 135 Å². The lowest BCUT2D eigenvalue weighted by atomic mass is 10.0. The molecule has 23 heavy (non-hydrogen) atoms. The fourth-order valence-corrected chi connectivity index (χ4v) is 2.60. The van der Waals surface area contributed by atoms with Crippen molar-refractivity contribution in [3.63, 3.8) is 0 Å². The predicted octanol–water partition coefficient (Wildman–Crippen LogP) is 2.80. The van der Waals surface area contributed by atoms with Crippen LogP contribution in [0.4, 0.5) is 5.69 Å². The van der Waals surface area contributed by atoms with E-state index in [-0.39, 0.29) is 6.61 Å². The first-order valence-corrected chi connectivity index (χ1v) is 7.51. The highest BCUT2D eigenvalue weighted by molar-refractivity contribution is 5.68. The minimum Gasteiger partial charge on any atom is -0.390 e. The summed E-state index contributed by atoms with van der Waals surface area (Å²) in [7, 11) is 4.01. The third-order valence-electron chi connectivity index (χ3n) is 3.90. The quantitative estimate of drug-likeness (QED) is 0.805. The molecule has 0 aliphatic heterocycles. The van der Waals surface area contributed by atoms with Crippen molar-refractivity contribution in [2.45, 2.75) is 13.5 Å². The van der Waals surface area contributed by atoms with Gasteiger partial charge < -0.3 is 10.0 Å². The second-order valence-corrected chi connectivity index (χ2v) is 5.68. The third kappa shape index (κ3) is 2.83. The molecule has 118 valence electrons. The smallest absolute Gasteiger partial charge is 0.117 e. The van der Waals surface area contributed by atoms with Gasteiger partial charge in [-0.3, -0.25) is 0 Å². The second kappa shape index (κ2) is 6.22. The molecule has 1 heterocycles. The normalized spacial score (nSPS) is 10.8. The zero-order valence-corrected chi connectivity index (χ0v) is 13.6. The van der Waals surface area contributed by atoms with Gasteiger partial charge in [0, 0.05) is 25.3 Å². The van der Waals surface area contributed by atoms with E-state index in [0.717, 1.165) is 28.2 Å². The average molecular weight is 308 g/mol. The third-order valence-corrected chi connectivity index (χ3v) is 3.90. The first-order chi connectivity index (χ1) is 11.1. The molecule has 0 saturated heterocycles. The largest absolute Gasteiger partial charge is 0.390 e. The summed E-state index contributed by atoms with van der Waals surface area (Å²) in [6, 6.07) is 16.1. The van der Waals surface area contributed by atoms with Crippen LogP contribution in [0.5, 0.6) is 0 Å². The molecule has 3 rings (SSSR count). The minimum atomic E-state index is -0.139. The molecule has 0 aliphatic rings. The van der Waals surface area contributed by atoms with Crippen molar-refractivity contribution in [1.29, 1.82) is 0 Å². The van der Waals surface area contributed by atoms with Crippen LogP contribution in [0.15, 0.2) is 48.5 Å². The lowest BCUT2D eigenvalue weighted by molar-refractivity contribution is 0.277. The van der Waals surface area contributed by atoms with Crippen LogP contribution in [-0.4, -0.2) is 34.2 Å². The predicted molar refractivity (Wildman–Crippen MR) is 91.8 cm³/mol. The number of hydrogen-bond acceptors (Lipinski definition) is 4. The van der Waals surface area contributed by atoms with Gasteiger partial charge in [-0.25, -0.2) is 4.68 Å². The van der Waals surface area contributed by atoms with Crippen molar-refractivity contribution in [2.75, 3.05) is 19.0 Å². The SMILES string of the molecule is Cc1ccccc1-c1c(CO)nnn1-c1ccc(N(C)C)cc1. The van der Waals surface area contributed by atoms with E-state index < -0.39 is 0 Å². The number of aliphatic hydroxyl groups excluding tert-OH is 1. The van der Waals surface area contributed by atoms with E-state index in [4.69, 9.17) is 0 Å². The van der Waals surface area contributed by atoms with Crippen LogP contribution in [0.1, 0.15) is 11.3 Å². The molecule has 0 saturated carbocycles. The molecule has 0 bridgehead atoms. The summed E-state index contributed by atoms with van der Waals surface area (Å²) in [4.78, 5) is 2.05. The van der Waals surface area contributed by atoms with Gasteiger partial charge in [0.05, 0.1) is 12.3 Å². The number of nitrogens with zero attached hydrogens (tertiary/aromatic N) is 4. The Kier molecular flexibility index (Phi) is 4.12. The maximum atomic E-state index is 9.63. The first kappa shape index (κ1) is 15.2. The lowest BCUT2D eigenvalue weighted by Crippen LogP contribution is -2.08. The van der Waals surface area contributed by atoms with E-state index in [1.807, 2.05) is 74.4 Å². The number of aromatic nitrogens is 3. The molecule has 5 heteroatoms. The van der Waals surface area contributed by atoms with Crippen LogP contribution >= 0.6 is 0 Å². The Bertz CT molecular complexity index is 806. The maximum Gasteiger partial charge on any atom is 0.117 e. The van der Waals surface area contributed by atoms with Crippen LogP contribution in [0.2, 0.25) is 0 Å². The van der Waals surface area contributed by atoms with E-state index in [2.05, 4.69) is 10.3 Å². The summed E-state index contributed by atoms with van der Waals surface area (Å²) in [6.07, 6.45) is 0. The fraction of sp³-hybridized carbons (Fsp3) is 0.222. The highest BCUT2D eigenvalue weighted by Gasteiger charge is 2.17. The van der Waals surface area contributed by atoms with E-state index in [1.54, 1.807) is 4.68 Å². The monoisotopic (exact) mass is 308 g/mol. The van der Waals surface area contributed by atoms with Crippen molar-refractivity contribution in [2.24, 2.45) is 0 Å². The maximum absolute atomic E-state index is 9.63. The van der Waals surface area contributed by atoms with E-state index in [1.165, 1.54) is 0 Å².